The van der Waals surface area contributed by atoms with Crippen LogP contribution in [0.4, 0.5) is 0 Å². The topological polar surface area (TPSA) is 174 Å². The van der Waals surface area contributed by atoms with E-state index in [1.165, 1.54) is 47.4 Å². The third kappa shape index (κ3) is 8.88. The number of hydrogen-bond donors (Lipinski definition) is 4. The fourth-order valence-corrected chi connectivity index (χ4v) is 8.14. The van der Waals surface area contributed by atoms with Crippen molar-refractivity contribution in [1.29, 1.82) is 0 Å². The number of ketones is 1. The molecule has 1 atom stereocenters. The molecule has 1 unspecified atom stereocenters. The van der Waals surface area contributed by atoms with Gasteiger partial charge in [-0.2, -0.15) is 0 Å². The van der Waals surface area contributed by atoms with E-state index >= 15 is 0 Å². The third-order valence-electron chi connectivity index (χ3n) is 7.74. The first-order valence-electron chi connectivity index (χ1n) is 14.8. The van der Waals surface area contributed by atoms with Crippen LogP contribution in [0.25, 0.3) is 10.9 Å². The number of fused-ring (bicyclic) bond motifs is 1. The molecule has 1 heterocycles. The highest BCUT2D eigenvalue weighted by atomic mass is 79.9. The van der Waals surface area contributed by atoms with E-state index < -0.39 is 47.3 Å². The van der Waals surface area contributed by atoms with Crippen molar-refractivity contribution in [2.45, 2.75) is 24.3 Å². The molecule has 1 aromatic heterocycles. The Morgan fingerprint density at radius 3 is 2.33 bits per heavy atom. The summed E-state index contributed by atoms with van der Waals surface area (Å²) in [4.78, 5) is 51.6. The number of phenolic OH excluding ortho intramolecular Hbond substituents is 1. The maximum absolute atomic E-state index is 14.5. The number of H-pyrrole nitrogens is 1. The fraction of sp³-hybridized carbons (Fsp3) is 0.176. The Hall–Kier alpha value is -3.78. The van der Waals surface area contributed by atoms with Crippen molar-refractivity contribution < 1.29 is 42.2 Å². The molecule has 11 nitrogen and oxygen atoms in total. The third-order valence-corrected chi connectivity index (χ3v) is 10.9. The molecule has 4 N–H and O–H groups in total. The Morgan fingerprint density at radius 2 is 1.65 bits per heavy atom. The van der Waals surface area contributed by atoms with Gasteiger partial charge in [0, 0.05) is 28.1 Å². The van der Waals surface area contributed by atoms with Crippen molar-refractivity contribution >= 4 is 71.9 Å². The molecule has 256 valence electrons. The molecule has 0 radical (unpaired) electrons. The lowest BCUT2D eigenvalue weighted by Crippen LogP contribution is -2.42. The summed E-state index contributed by atoms with van der Waals surface area (Å²) in [5.41, 5.74) is 2.62. The molecular weight excluding hydrogens is 803 g/mol. The normalized spacial score (nSPS) is 12.5. The van der Waals surface area contributed by atoms with Crippen LogP contribution >= 0.6 is 39.5 Å². The van der Waals surface area contributed by atoms with Crippen molar-refractivity contribution in [3.8, 4) is 11.5 Å². The number of carbonyl (C=O) groups excluding carboxylic acids is 2. The first-order valence-corrected chi connectivity index (χ1v) is 19.8. The van der Waals surface area contributed by atoms with Crippen molar-refractivity contribution in [3.63, 3.8) is 0 Å². The van der Waals surface area contributed by atoms with Gasteiger partial charge in [-0.25, -0.2) is 8.42 Å². The van der Waals surface area contributed by atoms with Gasteiger partial charge in [0.1, 0.15) is 23.3 Å². The van der Waals surface area contributed by atoms with Crippen LogP contribution in [0.1, 0.15) is 33.1 Å². The number of aromatic hydroxyl groups is 1. The van der Waals surface area contributed by atoms with Crippen LogP contribution in [-0.4, -0.2) is 63.5 Å². The molecule has 0 bridgehead atoms. The van der Waals surface area contributed by atoms with Crippen molar-refractivity contribution in [3.05, 3.63) is 122 Å². The minimum Gasteiger partial charge on any atom is -0.506 e. The molecule has 0 aliphatic carbocycles. The molecule has 0 aliphatic rings. The summed E-state index contributed by atoms with van der Waals surface area (Å²) in [5.74, 6) is -2.79. The highest BCUT2D eigenvalue weighted by molar-refractivity contribution is 9.11. The summed E-state index contributed by atoms with van der Waals surface area (Å²) < 4.78 is 44.3. The number of rotatable bonds is 13. The fourth-order valence-electron chi connectivity index (χ4n) is 5.35. The lowest BCUT2D eigenvalue weighted by molar-refractivity contribution is -0.121. The molecule has 5 rings (SSSR count). The highest BCUT2D eigenvalue weighted by Crippen LogP contribution is 2.37. The second-order valence-corrected chi connectivity index (χ2v) is 16.7. The van der Waals surface area contributed by atoms with Crippen LogP contribution in [0.3, 0.4) is 0 Å². The van der Waals surface area contributed by atoms with Gasteiger partial charge in [0.2, 0.25) is 0 Å². The molecule has 0 saturated carbocycles. The second kappa shape index (κ2) is 15.0. The van der Waals surface area contributed by atoms with Gasteiger partial charge in [-0.1, -0.05) is 64.0 Å². The summed E-state index contributed by atoms with van der Waals surface area (Å²) in [7, 11) is -8.65. The van der Waals surface area contributed by atoms with E-state index in [1.54, 1.807) is 31.3 Å². The molecule has 0 aliphatic heterocycles. The summed E-state index contributed by atoms with van der Waals surface area (Å²) >= 11 is 6.61. The SMILES string of the molecule is Cc1ccc(S(=O)(=O)CC(=O)C(c2ccc(OCP(=O)(O)O)cc2)N(CCc2c[nH]c3ccccc23)C(=O)c2cc(Br)cc(Br)c2O)cc1. The monoisotopic (exact) mass is 832 g/mol. The van der Waals surface area contributed by atoms with Gasteiger partial charge in [-0.15, -0.1) is 0 Å². The lowest BCUT2D eigenvalue weighted by atomic mass is 9.99. The van der Waals surface area contributed by atoms with E-state index in [-0.39, 0.29) is 45.0 Å². The van der Waals surface area contributed by atoms with Gasteiger partial charge in [-0.3, -0.25) is 14.2 Å². The largest absolute Gasteiger partial charge is 0.506 e. The molecule has 1 amide bonds. The molecule has 0 fully saturated rings. The number of ether oxygens (including phenoxy) is 1. The summed E-state index contributed by atoms with van der Waals surface area (Å²) in [5, 5.41) is 11.9. The maximum atomic E-state index is 14.5. The van der Waals surface area contributed by atoms with Gasteiger partial charge in [0.15, 0.2) is 22.0 Å². The van der Waals surface area contributed by atoms with E-state index in [2.05, 4.69) is 36.8 Å². The van der Waals surface area contributed by atoms with E-state index in [1.807, 2.05) is 24.3 Å². The van der Waals surface area contributed by atoms with Crippen LogP contribution in [0.5, 0.6) is 11.5 Å². The minimum absolute atomic E-state index is 0.0587. The Balaban J connectivity index is 1.61. The molecule has 0 spiro atoms. The second-order valence-electron chi connectivity index (χ2n) is 11.3. The predicted molar refractivity (Wildman–Crippen MR) is 192 cm³/mol. The number of nitrogens with one attached hydrogen (secondary N) is 1. The van der Waals surface area contributed by atoms with Crippen molar-refractivity contribution in [2.24, 2.45) is 0 Å². The Labute approximate surface area is 299 Å². The quantitative estimate of drug-likeness (QED) is 0.0943. The van der Waals surface area contributed by atoms with Crippen molar-refractivity contribution in [2.75, 3.05) is 18.6 Å². The van der Waals surface area contributed by atoms with E-state index in [4.69, 9.17) is 4.74 Å². The number of phenols is 1. The molecule has 15 heteroatoms. The smallest absolute Gasteiger partial charge is 0.362 e. The van der Waals surface area contributed by atoms with Crippen LogP contribution in [0, 0.1) is 6.92 Å². The Kier molecular flexibility index (Phi) is 11.2. The molecular formula is C34H31Br2N2O9PS. The van der Waals surface area contributed by atoms with Crippen LogP contribution < -0.4 is 4.74 Å². The molecule has 5 aromatic rings. The standard InChI is InChI=1S/C34H31Br2N2O9PS/c1-21-6-12-26(13-7-21)49(45,46)19-31(39)32(22-8-10-25(11-9-22)47-20-48(42,43)44)38(34(41)28-16-24(35)17-29(36)33(28)40)15-14-23-18-37-30-5-3-2-4-27(23)30/h2-13,16-18,32,37,40H,14-15,19-20H2,1H3,(H2,42,43,44). The van der Waals surface area contributed by atoms with Crippen LogP contribution in [0.15, 0.2) is 105 Å². The van der Waals surface area contributed by atoms with Gasteiger partial charge < -0.3 is 29.5 Å². The summed E-state index contributed by atoms with van der Waals surface area (Å²) in [6, 6.07) is 20.7. The average Bonchev–Trinajstić information content (AvgIpc) is 3.46. The zero-order chi connectivity index (χ0) is 35.5. The average molecular weight is 834 g/mol. The van der Waals surface area contributed by atoms with E-state index in [9.17, 15) is 37.5 Å². The van der Waals surface area contributed by atoms with Crippen LogP contribution in [0.2, 0.25) is 0 Å². The maximum Gasteiger partial charge on any atom is 0.362 e. The van der Waals surface area contributed by atoms with Crippen LogP contribution in [-0.2, 0) is 25.6 Å². The number of halogens is 2. The highest BCUT2D eigenvalue weighted by Gasteiger charge is 2.36. The molecule has 0 saturated heterocycles. The predicted octanol–water partition coefficient (Wildman–Crippen LogP) is 6.69. The van der Waals surface area contributed by atoms with Gasteiger partial charge in [0.25, 0.3) is 5.91 Å². The lowest BCUT2D eigenvalue weighted by Gasteiger charge is -2.32. The van der Waals surface area contributed by atoms with Crippen molar-refractivity contribution in [1.82, 2.24) is 9.88 Å². The van der Waals surface area contributed by atoms with Gasteiger partial charge in [0.05, 0.1) is 14.9 Å². The molecule has 49 heavy (non-hydrogen) atoms. The van der Waals surface area contributed by atoms with E-state index in [0.29, 0.717) is 4.47 Å². The zero-order valence-electron chi connectivity index (χ0n) is 25.9. The number of aromatic amines is 1. The number of hydrogen-bond acceptors (Lipinski definition) is 7. The first-order chi connectivity index (χ1) is 23.1. The number of aryl methyl sites for hydroxylation is 1. The number of benzene rings is 4. The minimum atomic E-state index is -4.49. The number of aromatic nitrogens is 1. The number of sulfone groups is 1. The molecule has 4 aromatic carbocycles. The van der Waals surface area contributed by atoms with E-state index in [0.717, 1.165) is 22.0 Å². The number of amides is 1. The van der Waals surface area contributed by atoms with Gasteiger partial charge >= 0.3 is 7.60 Å². The summed E-state index contributed by atoms with van der Waals surface area (Å²) in [6.45, 7) is 1.74. The number of Topliss-reactive ketones (excluding diaryl/α,β-unsaturated/α-hetero) is 1. The number of carbonyl (C=O) groups is 2. The number of nitrogens with zero attached hydrogens (tertiary/aromatic N) is 1. The van der Waals surface area contributed by atoms with Gasteiger partial charge in [-0.05, 0) is 82.9 Å². The number of para-hydroxylation sites is 1. The first kappa shape index (κ1) is 36.5. The Bertz CT molecular complexity index is 2170. The Morgan fingerprint density at radius 1 is 0.980 bits per heavy atom. The zero-order valence-corrected chi connectivity index (χ0v) is 30.8. The summed E-state index contributed by atoms with van der Waals surface area (Å²) in [6.07, 6.45) is 1.17.